The maximum absolute atomic E-state index is 0. The Hall–Kier alpha value is 0.937. The first-order valence-electron chi connectivity index (χ1n) is 0. The molecule has 0 aliphatic carbocycles. The fourth-order valence-corrected chi connectivity index (χ4v) is 0. The van der Waals surface area contributed by atoms with Crippen LogP contribution in [-0.2, 0) is 0 Å². The smallest absolute Gasteiger partial charge is 1.00 e. The van der Waals surface area contributed by atoms with E-state index in [0.717, 1.165) is 0 Å². The van der Waals surface area contributed by atoms with Crippen molar-refractivity contribution >= 4 is 11.0 Å². The molecule has 0 saturated heterocycles. The molecule has 0 rings (SSSR count). The van der Waals surface area contributed by atoms with Gasteiger partial charge in [-0.3, -0.25) is 18.8 Å². The summed E-state index contributed by atoms with van der Waals surface area (Å²) in [6.45, 7) is 0. The standard InChI is InChI=1S/4FH.Na.H4Si.H/h4*1H;;1H4;/q;;;;+1;;-1. The second-order valence-corrected chi connectivity index (χ2v) is 0. The Labute approximate surface area is 61.0 Å². The zero-order valence-electron chi connectivity index (χ0n) is 3.63. The van der Waals surface area contributed by atoms with E-state index in [1.54, 1.807) is 0 Å². The summed E-state index contributed by atoms with van der Waals surface area (Å²) in [5.74, 6) is 0. The molecule has 42 valence electrons. The molecule has 0 aliphatic heterocycles. The van der Waals surface area contributed by atoms with Crippen LogP contribution < -0.4 is 29.6 Å². The van der Waals surface area contributed by atoms with E-state index in [2.05, 4.69) is 0 Å². The van der Waals surface area contributed by atoms with Gasteiger partial charge in [-0.05, 0) is 11.0 Å². The van der Waals surface area contributed by atoms with E-state index in [4.69, 9.17) is 0 Å². The van der Waals surface area contributed by atoms with Crippen molar-refractivity contribution in [3.63, 3.8) is 0 Å². The Morgan fingerprint density at radius 3 is 0.667 bits per heavy atom. The molecule has 0 unspecified atom stereocenters. The summed E-state index contributed by atoms with van der Waals surface area (Å²) in [6, 6.07) is 0. The van der Waals surface area contributed by atoms with Gasteiger partial charge in [-0.2, -0.15) is 0 Å². The summed E-state index contributed by atoms with van der Waals surface area (Å²) in [4.78, 5) is 0. The third kappa shape index (κ3) is 87.2. The molecular weight excluding hydrogens is 127 g/mol. The van der Waals surface area contributed by atoms with Crippen LogP contribution in [0.15, 0.2) is 0 Å². The van der Waals surface area contributed by atoms with Gasteiger partial charge in [0.25, 0.3) is 0 Å². The molecule has 6 heteroatoms. The van der Waals surface area contributed by atoms with E-state index >= 15 is 0 Å². The van der Waals surface area contributed by atoms with Crippen molar-refractivity contribution < 1.29 is 49.8 Å². The molecule has 0 spiro atoms. The minimum Gasteiger partial charge on any atom is -1.00 e. The normalized spacial score (nSPS) is 0. The molecule has 0 heterocycles. The molecule has 0 saturated carbocycles. The van der Waals surface area contributed by atoms with Gasteiger partial charge in [-0.25, -0.2) is 0 Å². The predicted octanol–water partition coefficient (Wildman–Crippen LogP) is -3.73. The quantitative estimate of drug-likeness (QED) is 0.237. The Morgan fingerprint density at radius 2 is 0.667 bits per heavy atom. The van der Waals surface area contributed by atoms with Crippen molar-refractivity contribution in [2.75, 3.05) is 0 Å². The Bertz CT molecular complexity index is 11.7. The van der Waals surface area contributed by atoms with Gasteiger partial charge in [0.15, 0.2) is 0 Å². The van der Waals surface area contributed by atoms with Gasteiger partial charge in [-0.1, -0.05) is 0 Å². The molecule has 0 radical (unpaired) electrons. The fraction of sp³-hybridized carbons (Fsp3) is 0. The number of halogens is 4. The van der Waals surface area contributed by atoms with Gasteiger partial charge < -0.3 is 1.43 Å². The average Bonchev–Trinajstić information content (AvgIpc) is 0. The molecule has 0 aromatic carbocycles. The molecule has 0 aliphatic rings. The van der Waals surface area contributed by atoms with E-state index in [-0.39, 0.29) is 60.8 Å². The second kappa shape index (κ2) is 165. The maximum Gasteiger partial charge on any atom is 1.00 e. The summed E-state index contributed by atoms with van der Waals surface area (Å²) < 4.78 is 0. The molecule has 0 nitrogen and oxygen atoms in total. The zero-order valence-corrected chi connectivity index (χ0v) is 4.63. The van der Waals surface area contributed by atoms with E-state index in [9.17, 15) is 0 Å². The minimum absolute atomic E-state index is 0. The van der Waals surface area contributed by atoms with Gasteiger partial charge in [0, 0.05) is 0 Å². The summed E-state index contributed by atoms with van der Waals surface area (Å²) in [7, 11) is 0. The van der Waals surface area contributed by atoms with Gasteiger partial charge >= 0.3 is 29.6 Å². The number of hydrogen-bond acceptors (Lipinski definition) is 0. The van der Waals surface area contributed by atoms with E-state index in [1.807, 2.05) is 0 Å². The summed E-state index contributed by atoms with van der Waals surface area (Å²) >= 11 is 0. The van der Waals surface area contributed by atoms with Crippen molar-refractivity contribution in [2.45, 2.75) is 0 Å². The van der Waals surface area contributed by atoms with Crippen molar-refractivity contribution in [1.29, 1.82) is 0 Å². The van der Waals surface area contributed by atoms with Crippen molar-refractivity contribution in [2.24, 2.45) is 0 Å². The first-order chi connectivity index (χ1) is 0. The average molecular weight is 136 g/mol. The van der Waals surface area contributed by atoms with Gasteiger partial charge in [-0.15, -0.1) is 0 Å². The summed E-state index contributed by atoms with van der Waals surface area (Å²) in [5.41, 5.74) is 0. The van der Waals surface area contributed by atoms with Crippen molar-refractivity contribution in [3.05, 3.63) is 0 Å². The molecule has 0 amide bonds. The first-order valence-corrected chi connectivity index (χ1v) is 0. The van der Waals surface area contributed by atoms with Crippen LogP contribution in [0.1, 0.15) is 1.43 Å². The maximum atomic E-state index is 0. The number of rotatable bonds is 0. The van der Waals surface area contributed by atoms with Crippen LogP contribution in [0.3, 0.4) is 0 Å². The molecule has 0 atom stereocenters. The van der Waals surface area contributed by atoms with E-state index < -0.39 is 0 Å². The topological polar surface area (TPSA) is 0 Å². The fourth-order valence-electron chi connectivity index (χ4n) is 0. The summed E-state index contributed by atoms with van der Waals surface area (Å²) in [6.07, 6.45) is 0. The third-order valence-electron chi connectivity index (χ3n) is 0. The van der Waals surface area contributed by atoms with Crippen molar-refractivity contribution in [1.82, 2.24) is 0 Å². The van der Waals surface area contributed by atoms with Crippen LogP contribution in [0.25, 0.3) is 0 Å². The Balaban J connectivity index is 0. The van der Waals surface area contributed by atoms with Crippen LogP contribution in [0.2, 0.25) is 0 Å². The monoisotopic (exact) mass is 136 g/mol. The van der Waals surface area contributed by atoms with Crippen LogP contribution in [0.5, 0.6) is 0 Å². The SMILES string of the molecule is F.F.F.F.[H-].[Na+].[SiH4]. The van der Waals surface area contributed by atoms with Gasteiger partial charge in [0.05, 0.1) is 0 Å². The molecule has 0 N–H and O–H groups in total. The van der Waals surface area contributed by atoms with Crippen LogP contribution in [0.4, 0.5) is 18.8 Å². The van der Waals surface area contributed by atoms with E-state index in [1.165, 1.54) is 0 Å². The van der Waals surface area contributed by atoms with Gasteiger partial charge in [0.2, 0.25) is 0 Å². The largest absolute Gasteiger partial charge is 1.00 e. The Kier molecular flexibility index (Phi) is 7650. The summed E-state index contributed by atoms with van der Waals surface area (Å²) in [5, 5.41) is 0. The molecule has 0 fully saturated rings. The van der Waals surface area contributed by atoms with Crippen molar-refractivity contribution in [3.8, 4) is 0 Å². The molecule has 6 heavy (non-hydrogen) atoms. The first kappa shape index (κ1) is 279. The third-order valence-corrected chi connectivity index (χ3v) is 0. The van der Waals surface area contributed by atoms with Crippen LogP contribution >= 0.6 is 0 Å². The van der Waals surface area contributed by atoms with Gasteiger partial charge in [0.1, 0.15) is 0 Å². The molecule has 0 aromatic heterocycles. The molecule has 0 aromatic rings. The molecule has 0 bridgehead atoms. The molecular formula is H9F4NaSi. The number of hydrogen-bond donors (Lipinski definition) is 0. The van der Waals surface area contributed by atoms with Crippen LogP contribution in [-0.4, -0.2) is 11.0 Å². The van der Waals surface area contributed by atoms with E-state index in [0.29, 0.717) is 0 Å². The Morgan fingerprint density at radius 1 is 0.667 bits per heavy atom. The minimum atomic E-state index is 0. The zero-order chi connectivity index (χ0) is 0. The van der Waals surface area contributed by atoms with Crippen LogP contribution in [0, 0.1) is 0 Å². The predicted molar refractivity (Wildman–Crippen MR) is 22.5 cm³/mol. The second-order valence-electron chi connectivity index (χ2n) is 0.